The van der Waals surface area contributed by atoms with Crippen molar-refractivity contribution in [3.8, 4) is 0 Å². The van der Waals surface area contributed by atoms with Crippen LogP contribution in [-0.4, -0.2) is 50.8 Å². The molecule has 0 spiro atoms. The van der Waals surface area contributed by atoms with Gasteiger partial charge in [-0.15, -0.1) is 0 Å². The van der Waals surface area contributed by atoms with Crippen LogP contribution in [0.15, 0.2) is 24.3 Å². The summed E-state index contributed by atoms with van der Waals surface area (Å²) in [4.78, 5) is 15.5. The predicted molar refractivity (Wildman–Crippen MR) is 104 cm³/mol. The van der Waals surface area contributed by atoms with E-state index in [1.165, 1.54) is 0 Å². The van der Waals surface area contributed by atoms with Crippen LogP contribution in [0.2, 0.25) is 5.02 Å². The molecule has 26 heavy (non-hydrogen) atoms. The third-order valence-corrected chi connectivity index (χ3v) is 6.20. The molecule has 0 radical (unpaired) electrons. The zero-order valence-corrected chi connectivity index (χ0v) is 16.5. The molecule has 1 aromatic rings. The highest BCUT2D eigenvalue weighted by molar-refractivity contribution is 6.30. The molecular weight excluding hydrogens is 350 g/mol. The molecule has 3 rings (SSSR count). The van der Waals surface area contributed by atoms with Crippen molar-refractivity contribution < 1.29 is 14.3 Å². The van der Waals surface area contributed by atoms with Crippen molar-refractivity contribution in [2.24, 2.45) is 5.92 Å². The fourth-order valence-corrected chi connectivity index (χ4v) is 4.50. The molecule has 1 heterocycles. The minimum atomic E-state index is -0.341. The normalized spacial score (nSPS) is 20.5. The molecule has 1 saturated heterocycles. The standard InChI is InChI=1S/C21H30ClNO3/c1-25-14-15-26-16-17-8-12-23(13-9-17)20(24)21(10-2-3-11-21)18-4-6-19(22)7-5-18/h4-7,17H,2-3,8-16H2,1H3. The van der Waals surface area contributed by atoms with E-state index in [9.17, 15) is 4.79 Å². The SMILES string of the molecule is COCCOCC1CCN(C(=O)C2(c3ccc(Cl)cc3)CCCC2)CC1. The van der Waals surface area contributed by atoms with E-state index in [2.05, 4.69) is 4.90 Å². The van der Waals surface area contributed by atoms with E-state index in [-0.39, 0.29) is 5.41 Å². The van der Waals surface area contributed by atoms with Gasteiger partial charge in [-0.05, 0) is 49.3 Å². The summed E-state index contributed by atoms with van der Waals surface area (Å²) in [5.74, 6) is 0.863. The Morgan fingerprint density at radius 3 is 2.42 bits per heavy atom. The van der Waals surface area contributed by atoms with Crippen LogP contribution in [-0.2, 0) is 19.7 Å². The van der Waals surface area contributed by atoms with Gasteiger partial charge < -0.3 is 14.4 Å². The Morgan fingerprint density at radius 2 is 1.81 bits per heavy atom. The molecular formula is C21H30ClNO3. The number of methoxy groups -OCH3 is 1. The Kier molecular flexibility index (Phi) is 6.96. The molecule has 2 aliphatic rings. The highest BCUT2D eigenvalue weighted by Gasteiger charge is 2.45. The number of ether oxygens (including phenoxy) is 2. The number of amides is 1. The van der Waals surface area contributed by atoms with Crippen LogP contribution in [0, 0.1) is 5.92 Å². The number of halogens is 1. The van der Waals surface area contributed by atoms with Crippen molar-refractivity contribution >= 4 is 17.5 Å². The van der Waals surface area contributed by atoms with E-state index < -0.39 is 0 Å². The molecule has 4 nitrogen and oxygen atoms in total. The molecule has 1 aliphatic carbocycles. The predicted octanol–water partition coefficient (Wildman–Crippen LogP) is 4.05. The summed E-state index contributed by atoms with van der Waals surface area (Å²) >= 11 is 6.05. The summed E-state index contributed by atoms with van der Waals surface area (Å²) in [5.41, 5.74) is 0.793. The second-order valence-electron chi connectivity index (χ2n) is 7.60. The maximum Gasteiger partial charge on any atom is 0.233 e. The lowest BCUT2D eigenvalue weighted by Crippen LogP contribution is -2.49. The van der Waals surface area contributed by atoms with Crippen LogP contribution in [0.1, 0.15) is 44.1 Å². The number of rotatable bonds is 7. The Morgan fingerprint density at radius 1 is 1.15 bits per heavy atom. The Bertz CT molecular complexity index is 575. The lowest BCUT2D eigenvalue weighted by atomic mass is 9.77. The Hall–Kier alpha value is -1.10. The van der Waals surface area contributed by atoms with Gasteiger partial charge in [0.1, 0.15) is 0 Å². The van der Waals surface area contributed by atoms with Crippen LogP contribution in [0.25, 0.3) is 0 Å². The number of benzene rings is 1. The molecule has 0 N–H and O–H groups in total. The number of hydrogen-bond acceptors (Lipinski definition) is 3. The fourth-order valence-electron chi connectivity index (χ4n) is 4.37. The lowest BCUT2D eigenvalue weighted by molar-refractivity contribution is -0.139. The summed E-state index contributed by atoms with van der Waals surface area (Å²) in [7, 11) is 1.69. The molecule has 5 heteroatoms. The number of likely N-dealkylation sites (tertiary alicyclic amines) is 1. The van der Waals surface area contributed by atoms with E-state index in [1.807, 2.05) is 24.3 Å². The van der Waals surface area contributed by atoms with Crippen molar-refractivity contribution in [2.75, 3.05) is 40.0 Å². The van der Waals surface area contributed by atoms with Crippen LogP contribution in [0.5, 0.6) is 0 Å². The quantitative estimate of drug-likeness (QED) is 0.671. The van der Waals surface area contributed by atoms with Crippen molar-refractivity contribution in [3.05, 3.63) is 34.9 Å². The van der Waals surface area contributed by atoms with E-state index in [4.69, 9.17) is 21.1 Å². The first kappa shape index (κ1) is 19.7. The molecule has 144 valence electrons. The average molecular weight is 380 g/mol. The highest BCUT2D eigenvalue weighted by Crippen LogP contribution is 2.43. The third kappa shape index (κ3) is 4.41. The zero-order valence-electron chi connectivity index (χ0n) is 15.7. The first-order valence-electron chi connectivity index (χ1n) is 9.78. The van der Waals surface area contributed by atoms with Gasteiger partial charge >= 0.3 is 0 Å². The molecule has 1 aromatic carbocycles. The minimum absolute atomic E-state index is 0.316. The van der Waals surface area contributed by atoms with Gasteiger partial charge in [0.05, 0.1) is 18.6 Å². The Balaban J connectivity index is 1.60. The van der Waals surface area contributed by atoms with Gasteiger partial charge in [0.25, 0.3) is 0 Å². The molecule has 1 aliphatic heterocycles. The van der Waals surface area contributed by atoms with E-state index in [0.29, 0.717) is 25.0 Å². The van der Waals surface area contributed by atoms with Gasteiger partial charge in [0.2, 0.25) is 5.91 Å². The summed E-state index contributed by atoms with van der Waals surface area (Å²) in [6, 6.07) is 7.91. The van der Waals surface area contributed by atoms with E-state index in [0.717, 1.165) is 68.8 Å². The number of carbonyl (C=O) groups is 1. The van der Waals surface area contributed by atoms with Gasteiger partial charge in [-0.1, -0.05) is 36.6 Å². The van der Waals surface area contributed by atoms with E-state index >= 15 is 0 Å². The maximum absolute atomic E-state index is 13.5. The largest absolute Gasteiger partial charge is 0.382 e. The van der Waals surface area contributed by atoms with Gasteiger partial charge in [0.15, 0.2) is 0 Å². The summed E-state index contributed by atoms with van der Waals surface area (Å²) in [6.45, 7) is 3.74. The molecule has 0 unspecified atom stereocenters. The lowest BCUT2D eigenvalue weighted by Gasteiger charge is -2.38. The molecule has 0 bridgehead atoms. The number of piperidine rings is 1. The van der Waals surface area contributed by atoms with Crippen molar-refractivity contribution in [2.45, 2.75) is 43.9 Å². The second-order valence-corrected chi connectivity index (χ2v) is 8.04. The van der Waals surface area contributed by atoms with Crippen LogP contribution in [0.3, 0.4) is 0 Å². The highest BCUT2D eigenvalue weighted by atomic mass is 35.5. The second kappa shape index (κ2) is 9.20. The van der Waals surface area contributed by atoms with Crippen LogP contribution < -0.4 is 0 Å². The van der Waals surface area contributed by atoms with Crippen molar-refractivity contribution in [1.29, 1.82) is 0 Å². The number of carbonyl (C=O) groups excluding carboxylic acids is 1. The summed E-state index contributed by atoms with van der Waals surface area (Å²) < 4.78 is 10.7. The van der Waals surface area contributed by atoms with Gasteiger partial charge in [-0.2, -0.15) is 0 Å². The van der Waals surface area contributed by atoms with Crippen LogP contribution >= 0.6 is 11.6 Å². The Labute approximate surface area is 161 Å². The van der Waals surface area contributed by atoms with Gasteiger partial charge in [0, 0.05) is 31.8 Å². The minimum Gasteiger partial charge on any atom is -0.382 e. The molecule has 0 atom stereocenters. The molecule has 2 fully saturated rings. The fraction of sp³-hybridized carbons (Fsp3) is 0.667. The first-order valence-corrected chi connectivity index (χ1v) is 10.2. The van der Waals surface area contributed by atoms with E-state index in [1.54, 1.807) is 7.11 Å². The molecule has 1 amide bonds. The molecule has 1 saturated carbocycles. The van der Waals surface area contributed by atoms with Crippen molar-refractivity contribution in [3.63, 3.8) is 0 Å². The van der Waals surface area contributed by atoms with Crippen LogP contribution in [0.4, 0.5) is 0 Å². The third-order valence-electron chi connectivity index (χ3n) is 5.95. The molecule has 0 aromatic heterocycles. The number of hydrogen-bond donors (Lipinski definition) is 0. The van der Waals surface area contributed by atoms with Gasteiger partial charge in [-0.3, -0.25) is 4.79 Å². The summed E-state index contributed by atoms with van der Waals surface area (Å²) in [6.07, 6.45) is 6.20. The summed E-state index contributed by atoms with van der Waals surface area (Å²) in [5, 5.41) is 0.726. The zero-order chi connectivity index (χ0) is 18.4. The first-order chi connectivity index (χ1) is 12.7. The average Bonchev–Trinajstić information content (AvgIpc) is 3.17. The van der Waals surface area contributed by atoms with Crippen molar-refractivity contribution in [1.82, 2.24) is 4.90 Å². The van der Waals surface area contributed by atoms with Gasteiger partial charge in [-0.25, -0.2) is 0 Å². The number of nitrogens with zero attached hydrogens (tertiary/aromatic N) is 1. The topological polar surface area (TPSA) is 38.8 Å². The maximum atomic E-state index is 13.5. The monoisotopic (exact) mass is 379 g/mol. The smallest absolute Gasteiger partial charge is 0.233 e.